The smallest absolute Gasteiger partial charge is 0.338 e. The lowest BCUT2D eigenvalue weighted by molar-refractivity contribution is 0.0511. The van der Waals surface area contributed by atoms with E-state index >= 15 is 0 Å². The van der Waals surface area contributed by atoms with E-state index in [1.807, 2.05) is 36.4 Å². The average Bonchev–Trinajstić information content (AvgIpc) is 2.72. The van der Waals surface area contributed by atoms with Crippen LogP contribution < -0.4 is 4.90 Å². The van der Waals surface area contributed by atoms with E-state index in [0.29, 0.717) is 11.1 Å². The summed E-state index contributed by atoms with van der Waals surface area (Å²) in [6.07, 6.45) is 3.15. The van der Waals surface area contributed by atoms with Gasteiger partial charge in [-0.3, -0.25) is 9.78 Å². The number of hydrogen-bond donors (Lipinski definition) is 0. The van der Waals surface area contributed by atoms with Crippen LogP contribution in [0.15, 0.2) is 83.6 Å². The number of carbonyl (C=O) groups is 2. The predicted molar refractivity (Wildman–Crippen MR) is 107 cm³/mol. The molecule has 1 aromatic heterocycles. The van der Waals surface area contributed by atoms with E-state index in [1.165, 1.54) is 0 Å². The SMILES string of the molecule is O=C(OCCN(C(=O)c1ccncc1)c1ccccc1)c1cccc(Br)c1. The van der Waals surface area contributed by atoms with Gasteiger partial charge in [0.05, 0.1) is 12.1 Å². The Bertz CT molecular complexity index is 917. The summed E-state index contributed by atoms with van der Waals surface area (Å²) in [5.41, 5.74) is 1.71. The minimum Gasteiger partial charge on any atom is -0.460 e. The molecule has 27 heavy (non-hydrogen) atoms. The molecule has 0 unspecified atom stereocenters. The monoisotopic (exact) mass is 424 g/mol. The Kier molecular flexibility index (Phi) is 6.33. The fourth-order valence-corrected chi connectivity index (χ4v) is 2.93. The Morgan fingerprint density at radius 2 is 1.67 bits per heavy atom. The topological polar surface area (TPSA) is 59.5 Å². The largest absolute Gasteiger partial charge is 0.460 e. The molecule has 0 saturated carbocycles. The molecule has 0 radical (unpaired) electrons. The van der Waals surface area contributed by atoms with Crippen molar-refractivity contribution < 1.29 is 14.3 Å². The molecule has 3 rings (SSSR count). The second-order valence-corrected chi connectivity index (χ2v) is 6.59. The highest BCUT2D eigenvalue weighted by molar-refractivity contribution is 9.10. The molecule has 0 N–H and O–H groups in total. The zero-order chi connectivity index (χ0) is 19.1. The lowest BCUT2D eigenvalue weighted by Gasteiger charge is -2.22. The van der Waals surface area contributed by atoms with Crippen LogP contribution in [0.4, 0.5) is 5.69 Å². The molecule has 3 aromatic rings. The first kappa shape index (κ1) is 18.8. The van der Waals surface area contributed by atoms with E-state index in [1.54, 1.807) is 47.6 Å². The Labute approximate surface area is 165 Å². The molecule has 2 aromatic carbocycles. The van der Waals surface area contributed by atoms with E-state index in [9.17, 15) is 9.59 Å². The molecule has 5 nitrogen and oxygen atoms in total. The van der Waals surface area contributed by atoms with E-state index in [0.717, 1.165) is 10.2 Å². The Balaban J connectivity index is 1.71. The van der Waals surface area contributed by atoms with E-state index < -0.39 is 5.97 Å². The molecule has 0 atom stereocenters. The quantitative estimate of drug-likeness (QED) is 0.551. The summed E-state index contributed by atoms with van der Waals surface area (Å²) in [6.45, 7) is 0.321. The molecule has 0 aliphatic carbocycles. The first-order chi connectivity index (χ1) is 13.1. The molecular formula is C21H17BrN2O3. The molecule has 136 valence electrons. The van der Waals surface area contributed by atoms with Gasteiger partial charge in [0, 0.05) is 28.1 Å². The molecular weight excluding hydrogens is 408 g/mol. The molecule has 1 heterocycles. The summed E-state index contributed by atoms with van der Waals surface area (Å²) >= 11 is 3.33. The normalized spacial score (nSPS) is 10.3. The Hall–Kier alpha value is -2.99. The number of esters is 1. The van der Waals surface area contributed by atoms with Crippen molar-refractivity contribution in [3.05, 3.63) is 94.7 Å². The zero-order valence-electron chi connectivity index (χ0n) is 14.4. The van der Waals surface area contributed by atoms with Crippen molar-refractivity contribution in [2.24, 2.45) is 0 Å². The van der Waals surface area contributed by atoms with Gasteiger partial charge >= 0.3 is 5.97 Å². The number of hydrogen-bond acceptors (Lipinski definition) is 4. The zero-order valence-corrected chi connectivity index (χ0v) is 16.0. The first-order valence-corrected chi connectivity index (χ1v) is 9.14. The maximum atomic E-state index is 12.9. The second-order valence-electron chi connectivity index (χ2n) is 5.67. The van der Waals surface area contributed by atoms with Crippen molar-refractivity contribution in [2.75, 3.05) is 18.1 Å². The molecule has 0 aliphatic rings. The molecule has 0 bridgehead atoms. The number of para-hydroxylation sites is 1. The van der Waals surface area contributed by atoms with Crippen molar-refractivity contribution in [1.82, 2.24) is 4.98 Å². The van der Waals surface area contributed by atoms with Crippen molar-refractivity contribution in [3.63, 3.8) is 0 Å². The maximum absolute atomic E-state index is 12.9. The number of benzene rings is 2. The molecule has 0 spiro atoms. The minimum atomic E-state index is -0.430. The lowest BCUT2D eigenvalue weighted by atomic mass is 10.2. The van der Waals surface area contributed by atoms with Gasteiger partial charge in [-0.05, 0) is 42.5 Å². The third-order valence-electron chi connectivity index (χ3n) is 3.85. The van der Waals surface area contributed by atoms with Gasteiger partial charge in [0.25, 0.3) is 5.91 Å². The number of rotatable bonds is 6. The summed E-state index contributed by atoms with van der Waals surface area (Å²) in [5, 5.41) is 0. The van der Waals surface area contributed by atoms with Crippen LogP contribution in [0.25, 0.3) is 0 Å². The van der Waals surface area contributed by atoms with Gasteiger partial charge in [0.1, 0.15) is 6.61 Å². The summed E-state index contributed by atoms with van der Waals surface area (Å²) in [4.78, 5) is 30.6. The number of ether oxygens (including phenoxy) is 1. The number of carbonyl (C=O) groups excluding carboxylic acids is 2. The number of pyridine rings is 1. The number of halogens is 1. The van der Waals surface area contributed by atoms with E-state index in [-0.39, 0.29) is 19.1 Å². The van der Waals surface area contributed by atoms with Gasteiger partial charge < -0.3 is 9.64 Å². The summed E-state index contributed by atoms with van der Waals surface area (Å²) in [7, 11) is 0. The first-order valence-electron chi connectivity index (χ1n) is 8.35. The summed E-state index contributed by atoms with van der Waals surface area (Å²) < 4.78 is 6.16. The van der Waals surface area contributed by atoms with Gasteiger partial charge in [0.15, 0.2) is 0 Å². The summed E-state index contributed by atoms with van der Waals surface area (Å²) in [6, 6.07) is 19.6. The van der Waals surface area contributed by atoms with Crippen LogP contribution in [0.5, 0.6) is 0 Å². The van der Waals surface area contributed by atoms with Gasteiger partial charge in [-0.25, -0.2) is 4.79 Å². The van der Waals surface area contributed by atoms with E-state index in [4.69, 9.17) is 4.74 Å². The van der Waals surface area contributed by atoms with Crippen LogP contribution in [0.1, 0.15) is 20.7 Å². The van der Waals surface area contributed by atoms with Crippen molar-refractivity contribution >= 4 is 33.5 Å². The van der Waals surface area contributed by atoms with Gasteiger partial charge in [0.2, 0.25) is 0 Å². The third-order valence-corrected chi connectivity index (χ3v) is 4.34. The van der Waals surface area contributed by atoms with Crippen LogP contribution in [-0.4, -0.2) is 30.0 Å². The van der Waals surface area contributed by atoms with Gasteiger partial charge in [-0.2, -0.15) is 0 Å². The van der Waals surface area contributed by atoms with Crippen molar-refractivity contribution in [2.45, 2.75) is 0 Å². The Morgan fingerprint density at radius 1 is 0.926 bits per heavy atom. The van der Waals surface area contributed by atoms with Crippen LogP contribution >= 0.6 is 15.9 Å². The minimum absolute atomic E-state index is 0.0804. The van der Waals surface area contributed by atoms with Gasteiger partial charge in [-0.1, -0.05) is 40.2 Å². The second kappa shape index (κ2) is 9.09. The van der Waals surface area contributed by atoms with Crippen molar-refractivity contribution in [3.8, 4) is 0 Å². The third kappa shape index (κ3) is 5.01. The lowest BCUT2D eigenvalue weighted by Crippen LogP contribution is -2.34. The number of nitrogens with zero attached hydrogens (tertiary/aromatic N) is 2. The number of amides is 1. The molecule has 0 aliphatic heterocycles. The highest BCUT2D eigenvalue weighted by Crippen LogP contribution is 2.17. The van der Waals surface area contributed by atoms with Crippen molar-refractivity contribution in [1.29, 1.82) is 0 Å². The fourth-order valence-electron chi connectivity index (χ4n) is 2.53. The molecule has 0 fully saturated rings. The van der Waals surface area contributed by atoms with Crippen LogP contribution in [0.3, 0.4) is 0 Å². The van der Waals surface area contributed by atoms with Crippen LogP contribution in [0.2, 0.25) is 0 Å². The van der Waals surface area contributed by atoms with Gasteiger partial charge in [-0.15, -0.1) is 0 Å². The average molecular weight is 425 g/mol. The molecule has 1 amide bonds. The molecule has 6 heteroatoms. The molecule has 0 saturated heterocycles. The number of anilines is 1. The number of aromatic nitrogens is 1. The predicted octanol–water partition coefficient (Wildman–Crippen LogP) is 4.35. The van der Waals surface area contributed by atoms with Crippen LogP contribution in [-0.2, 0) is 4.74 Å². The summed E-state index contributed by atoms with van der Waals surface area (Å²) in [5.74, 6) is -0.609. The highest BCUT2D eigenvalue weighted by Gasteiger charge is 2.18. The standard InChI is InChI=1S/C21H17BrN2O3/c22-18-6-4-5-17(15-18)21(26)27-14-13-24(19-7-2-1-3-8-19)20(25)16-9-11-23-12-10-16/h1-12,15H,13-14H2. The Morgan fingerprint density at radius 3 is 2.37 bits per heavy atom. The highest BCUT2D eigenvalue weighted by atomic mass is 79.9. The van der Waals surface area contributed by atoms with Crippen LogP contribution in [0, 0.1) is 0 Å². The van der Waals surface area contributed by atoms with E-state index in [2.05, 4.69) is 20.9 Å². The fraction of sp³-hybridized carbons (Fsp3) is 0.0952. The maximum Gasteiger partial charge on any atom is 0.338 e.